The molecule has 0 radical (unpaired) electrons. The molecular formula is C13H21N3O. The van der Waals surface area contributed by atoms with Crippen LogP contribution in [0.4, 0.5) is 11.5 Å². The van der Waals surface area contributed by atoms with Gasteiger partial charge in [0.1, 0.15) is 5.82 Å². The third-order valence-electron chi connectivity index (χ3n) is 3.06. The molecule has 4 heteroatoms. The first-order valence-corrected chi connectivity index (χ1v) is 6.20. The molecule has 0 aliphatic carbocycles. The standard InChI is InChI=1S/C13H21N3O/c1-16(2)13-6-5-12(9-15-13)14-8-11-4-3-7-17-10-11/h5-6,9,11,14H,3-4,7-8,10H2,1-2H3. The minimum Gasteiger partial charge on any atom is -0.383 e. The molecule has 1 atom stereocenters. The van der Waals surface area contributed by atoms with Crippen molar-refractivity contribution < 1.29 is 4.74 Å². The summed E-state index contributed by atoms with van der Waals surface area (Å²) in [4.78, 5) is 6.37. The second-order valence-corrected chi connectivity index (χ2v) is 4.76. The van der Waals surface area contributed by atoms with Gasteiger partial charge >= 0.3 is 0 Å². The highest BCUT2D eigenvalue weighted by molar-refractivity contribution is 5.47. The molecule has 1 aromatic heterocycles. The Morgan fingerprint density at radius 2 is 2.35 bits per heavy atom. The third kappa shape index (κ3) is 3.60. The monoisotopic (exact) mass is 235 g/mol. The van der Waals surface area contributed by atoms with Crippen LogP contribution in [0, 0.1) is 5.92 Å². The van der Waals surface area contributed by atoms with Crippen molar-refractivity contribution in [3.05, 3.63) is 18.3 Å². The average Bonchev–Trinajstić information content (AvgIpc) is 2.38. The number of anilines is 2. The van der Waals surface area contributed by atoms with Crippen molar-refractivity contribution in [1.29, 1.82) is 0 Å². The molecule has 1 saturated heterocycles. The molecule has 1 aromatic rings. The first-order chi connectivity index (χ1) is 8.25. The van der Waals surface area contributed by atoms with E-state index in [1.165, 1.54) is 12.8 Å². The topological polar surface area (TPSA) is 37.4 Å². The van der Waals surface area contributed by atoms with Crippen LogP contribution in [0.25, 0.3) is 0 Å². The first kappa shape index (κ1) is 12.2. The summed E-state index contributed by atoms with van der Waals surface area (Å²) in [7, 11) is 3.99. The number of nitrogens with zero attached hydrogens (tertiary/aromatic N) is 2. The van der Waals surface area contributed by atoms with E-state index in [0.29, 0.717) is 5.92 Å². The van der Waals surface area contributed by atoms with E-state index < -0.39 is 0 Å². The van der Waals surface area contributed by atoms with E-state index in [9.17, 15) is 0 Å². The van der Waals surface area contributed by atoms with Crippen LogP contribution in [0.3, 0.4) is 0 Å². The molecule has 1 aliphatic rings. The summed E-state index contributed by atoms with van der Waals surface area (Å²) >= 11 is 0. The van der Waals surface area contributed by atoms with Gasteiger partial charge in [0.2, 0.25) is 0 Å². The zero-order chi connectivity index (χ0) is 12.1. The summed E-state index contributed by atoms with van der Waals surface area (Å²) < 4.78 is 5.46. The van der Waals surface area contributed by atoms with E-state index in [0.717, 1.165) is 31.3 Å². The zero-order valence-electron chi connectivity index (χ0n) is 10.6. The Balaban J connectivity index is 1.82. The van der Waals surface area contributed by atoms with E-state index in [-0.39, 0.29) is 0 Å². The van der Waals surface area contributed by atoms with Crippen LogP contribution >= 0.6 is 0 Å². The predicted molar refractivity (Wildman–Crippen MR) is 70.6 cm³/mol. The zero-order valence-corrected chi connectivity index (χ0v) is 10.6. The number of ether oxygens (including phenoxy) is 1. The summed E-state index contributed by atoms with van der Waals surface area (Å²) in [5.74, 6) is 1.62. The lowest BCUT2D eigenvalue weighted by molar-refractivity contribution is 0.0595. The Labute approximate surface area is 103 Å². The fraction of sp³-hybridized carbons (Fsp3) is 0.615. The molecule has 4 nitrogen and oxygen atoms in total. The molecule has 94 valence electrons. The molecule has 1 aliphatic heterocycles. The van der Waals surface area contributed by atoms with Gasteiger partial charge in [-0.05, 0) is 30.9 Å². The number of hydrogen-bond donors (Lipinski definition) is 1. The third-order valence-corrected chi connectivity index (χ3v) is 3.06. The van der Waals surface area contributed by atoms with Crippen LogP contribution in [0.5, 0.6) is 0 Å². The van der Waals surface area contributed by atoms with Crippen molar-refractivity contribution in [2.45, 2.75) is 12.8 Å². The number of rotatable bonds is 4. The number of aromatic nitrogens is 1. The minimum absolute atomic E-state index is 0.636. The Morgan fingerprint density at radius 3 is 2.94 bits per heavy atom. The second-order valence-electron chi connectivity index (χ2n) is 4.76. The lowest BCUT2D eigenvalue weighted by Gasteiger charge is -2.22. The Kier molecular flexibility index (Phi) is 4.20. The first-order valence-electron chi connectivity index (χ1n) is 6.20. The van der Waals surface area contributed by atoms with Gasteiger partial charge in [-0.15, -0.1) is 0 Å². The van der Waals surface area contributed by atoms with E-state index in [1.54, 1.807) is 0 Å². The van der Waals surface area contributed by atoms with E-state index in [2.05, 4.69) is 16.4 Å². The smallest absolute Gasteiger partial charge is 0.128 e. The largest absolute Gasteiger partial charge is 0.383 e. The highest BCUT2D eigenvalue weighted by Gasteiger charge is 2.13. The highest BCUT2D eigenvalue weighted by atomic mass is 16.5. The van der Waals surface area contributed by atoms with Crippen molar-refractivity contribution in [2.24, 2.45) is 5.92 Å². The molecule has 2 rings (SSSR count). The maximum absolute atomic E-state index is 5.46. The van der Waals surface area contributed by atoms with Crippen LogP contribution in [0.2, 0.25) is 0 Å². The van der Waals surface area contributed by atoms with Gasteiger partial charge in [-0.2, -0.15) is 0 Å². The van der Waals surface area contributed by atoms with E-state index in [4.69, 9.17) is 4.74 Å². The lowest BCUT2D eigenvalue weighted by Crippen LogP contribution is -2.24. The summed E-state index contributed by atoms with van der Waals surface area (Å²) in [6.45, 7) is 2.79. The molecule has 0 spiro atoms. The van der Waals surface area contributed by atoms with Gasteiger partial charge in [-0.25, -0.2) is 4.98 Å². The average molecular weight is 235 g/mol. The fourth-order valence-corrected chi connectivity index (χ4v) is 1.99. The van der Waals surface area contributed by atoms with Crippen molar-refractivity contribution in [1.82, 2.24) is 4.98 Å². The minimum atomic E-state index is 0.636. The van der Waals surface area contributed by atoms with Crippen LogP contribution < -0.4 is 10.2 Å². The predicted octanol–water partition coefficient (Wildman–Crippen LogP) is 1.99. The Hall–Kier alpha value is -1.29. The highest BCUT2D eigenvalue weighted by Crippen LogP contribution is 2.16. The van der Waals surface area contributed by atoms with Crippen molar-refractivity contribution in [2.75, 3.05) is 44.1 Å². The van der Waals surface area contributed by atoms with Gasteiger partial charge in [-0.1, -0.05) is 0 Å². The molecule has 17 heavy (non-hydrogen) atoms. The van der Waals surface area contributed by atoms with Crippen molar-refractivity contribution >= 4 is 11.5 Å². The summed E-state index contributed by atoms with van der Waals surface area (Å²) in [5.41, 5.74) is 1.08. The molecule has 0 aromatic carbocycles. The number of nitrogens with one attached hydrogen (secondary N) is 1. The van der Waals surface area contributed by atoms with Crippen LogP contribution in [-0.2, 0) is 4.74 Å². The Bertz CT molecular complexity index is 331. The summed E-state index contributed by atoms with van der Waals surface area (Å²) in [6.07, 6.45) is 4.33. The van der Waals surface area contributed by atoms with Crippen LogP contribution in [-0.4, -0.2) is 38.8 Å². The molecule has 0 bridgehead atoms. The maximum atomic E-state index is 5.46. The maximum Gasteiger partial charge on any atom is 0.128 e. The lowest BCUT2D eigenvalue weighted by atomic mass is 10.0. The number of pyridine rings is 1. The molecule has 0 saturated carbocycles. The van der Waals surface area contributed by atoms with Crippen molar-refractivity contribution in [3.63, 3.8) is 0 Å². The van der Waals surface area contributed by atoms with Crippen LogP contribution in [0.15, 0.2) is 18.3 Å². The van der Waals surface area contributed by atoms with Gasteiger partial charge in [0.15, 0.2) is 0 Å². The second kappa shape index (κ2) is 5.87. The quantitative estimate of drug-likeness (QED) is 0.866. The molecular weight excluding hydrogens is 214 g/mol. The summed E-state index contributed by atoms with van der Waals surface area (Å²) in [5, 5.41) is 3.42. The molecule has 1 fully saturated rings. The van der Waals surface area contributed by atoms with Gasteiger partial charge in [0.25, 0.3) is 0 Å². The number of hydrogen-bond acceptors (Lipinski definition) is 4. The molecule has 1 unspecified atom stereocenters. The molecule has 0 amide bonds. The van der Waals surface area contributed by atoms with Gasteiger partial charge in [0.05, 0.1) is 18.5 Å². The van der Waals surface area contributed by atoms with Gasteiger partial charge < -0.3 is 15.0 Å². The van der Waals surface area contributed by atoms with E-state index in [1.807, 2.05) is 31.3 Å². The Morgan fingerprint density at radius 1 is 1.47 bits per heavy atom. The van der Waals surface area contributed by atoms with E-state index >= 15 is 0 Å². The van der Waals surface area contributed by atoms with Crippen molar-refractivity contribution in [3.8, 4) is 0 Å². The SMILES string of the molecule is CN(C)c1ccc(NCC2CCCOC2)cn1. The molecule has 2 heterocycles. The molecule has 1 N–H and O–H groups in total. The summed E-state index contributed by atoms with van der Waals surface area (Å²) in [6, 6.07) is 4.10. The normalized spacial score (nSPS) is 20.0. The van der Waals surface area contributed by atoms with Gasteiger partial charge in [-0.3, -0.25) is 0 Å². The fourth-order valence-electron chi connectivity index (χ4n) is 1.99. The van der Waals surface area contributed by atoms with Crippen LogP contribution in [0.1, 0.15) is 12.8 Å². The van der Waals surface area contributed by atoms with Gasteiger partial charge in [0, 0.05) is 27.2 Å².